The topological polar surface area (TPSA) is 104 Å². The summed E-state index contributed by atoms with van der Waals surface area (Å²) in [5, 5.41) is 21.0. The van der Waals surface area contributed by atoms with Crippen LogP contribution in [0.2, 0.25) is 15.1 Å². The number of allylic oxidation sites excluding steroid dienone is 4. The van der Waals surface area contributed by atoms with E-state index in [0.717, 1.165) is 61.5 Å². The van der Waals surface area contributed by atoms with Crippen LogP contribution >= 0.6 is 57.5 Å². The second kappa shape index (κ2) is 18.2. The van der Waals surface area contributed by atoms with E-state index in [1.165, 1.54) is 16.7 Å². The van der Waals surface area contributed by atoms with Crippen molar-refractivity contribution < 1.29 is 41.0 Å². The van der Waals surface area contributed by atoms with Gasteiger partial charge in [-0.3, -0.25) is 9.59 Å². The van der Waals surface area contributed by atoms with E-state index >= 15 is 0 Å². The predicted molar refractivity (Wildman–Crippen MR) is 225 cm³/mol. The van der Waals surface area contributed by atoms with Crippen molar-refractivity contribution in [3.05, 3.63) is 166 Å². The van der Waals surface area contributed by atoms with Gasteiger partial charge < -0.3 is 15.7 Å². The number of hydrogen-bond acceptors (Lipinski definition) is 7. The monoisotopic (exact) mass is 926 g/mol. The molecule has 1 atom stereocenters. The molecule has 2 aliphatic heterocycles. The number of halogens is 9. The Morgan fingerprint density at radius 1 is 0.950 bits per heavy atom. The minimum atomic E-state index is -6.00. The summed E-state index contributed by atoms with van der Waals surface area (Å²) in [6, 6.07) is 11.6. The third-order valence-electron chi connectivity index (χ3n) is 9.68. The molecule has 60 heavy (non-hydrogen) atoms. The standard InChI is InChI=1S/C20H12Cl2F6N2O2S.C20H17ClN2OS.C2H6/c21-13-2-1-3-14(22)12(13)8-16-30-15(9-33-16)17(31)29-11-6-4-10(5-7-11)18(32,19(23,24)25)20(26,27)28;1-4-12-5-6-17-20(12,3)13-7-11(2)14(15(21)8-13)9-18-22-16(10-25-18)19(24)23-17;1-2/h1-7,9,32H,8H2,(H,29,31);4-8,10H,1,9H2,2-3H3,(H,23,24);1-2H3. The quantitative estimate of drug-likeness (QED) is 0.147. The summed E-state index contributed by atoms with van der Waals surface area (Å²) in [5.74, 6) is -0.922. The molecule has 3 aromatic carbocycles. The fraction of sp³-hybridized carbons (Fsp3) is 0.238. The van der Waals surface area contributed by atoms with Crippen molar-refractivity contribution in [1.82, 2.24) is 15.3 Å². The molecule has 1 aliphatic carbocycles. The van der Waals surface area contributed by atoms with Gasteiger partial charge in [0.1, 0.15) is 11.4 Å². The molecule has 3 N–H and O–H groups in total. The van der Waals surface area contributed by atoms with E-state index in [4.69, 9.17) is 34.8 Å². The van der Waals surface area contributed by atoms with Crippen LogP contribution in [0.15, 0.2) is 101 Å². The minimum Gasteiger partial charge on any atom is -0.369 e. The van der Waals surface area contributed by atoms with Crippen LogP contribution in [0.3, 0.4) is 0 Å². The molecular weight excluding hydrogens is 893 g/mol. The van der Waals surface area contributed by atoms with Gasteiger partial charge >= 0.3 is 12.4 Å². The number of amides is 2. The van der Waals surface area contributed by atoms with Gasteiger partial charge in [0.25, 0.3) is 17.4 Å². The first-order valence-corrected chi connectivity index (χ1v) is 20.8. The number of carbonyl (C=O) groups is 2. The number of aromatic nitrogens is 2. The van der Waals surface area contributed by atoms with Crippen LogP contribution in [0.1, 0.15) is 79.6 Å². The fourth-order valence-electron chi connectivity index (χ4n) is 6.37. The van der Waals surface area contributed by atoms with Gasteiger partial charge in [-0.2, -0.15) is 26.3 Å². The maximum absolute atomic E-state index is 13.0. The molecule has 0 fully saturated rings. The van der Waals surface area contributed by atoms with E-state index in [9.17, 15) is 41.0 Å². The number of nitrogens with one attached hydrogen (secondary N) is 2. The minimum absolute atomic E-state index is 0.0238. The first-order valence-electron chi connectivity index (χ1n) is 17.9. The van der Waals surface area contributed by atoms with Crippen LogP contribution in [-0.2, 0) is 23.9 Å². The average molecular weight is 928 g/mol. The molecular formula is C42H35Cl3F6N4O3S2. The number of hydrogen-bond donors (Lipinski definition) is 3. The summed E-state index contributed by atoms with van der Waals surface area (Å²) >= 11 is 21.5. The molecule has 7 nitrogen and oxygen atoms in total. The molecule has 0 radical (unpaired) electrons. The molecule has 0 spiro atoms. The maximum Gasteiger partial charge on any atom is 0.430 e. The lowest BCUT2D eigenvalue weighted by Gasteiger charge is -2.32. The van der Waals surface area contributed by atoms with Gasteiger partial charge in [0, 0.05) is 55.6 Å². The van der Waals surface area contributed by atoms with Gasteiger partial charge in [0.15, 0.2) is 0 Å². The zero-order chi connectivity index (χ0) is 44.4. The van der Waals surface area contributed by atoms with Crippen molar-refractivity contribution in [2.75, 3.05) is 5.32 Å². The normalized spacial score (nSPS) is 16.1. The highest BCUT2D eigenvalue weighted by atomic mass is 35.5. The van der Waals surface area contributed by atoms with E-state index in [2.05, 4.69) is 47.1 Å². The number of fused-ring (bicyclic) bond motifs is 3. The SMILES string of the molecule is C=CC1=CC=C2NC(=O)c3csc(n3)Cc3c(C)cc(cc3Cl)C12C.CC.O=C(Nc1ccc(C(O)(C(F)(F)F)C(F)(F)F)cc1)c1csc(Cc2c(Cl)cccc2Cl)n1. The highest BCUT2D eigenvalue weighted by Crippen LogP contribution is 2.50. The maximum atomic E-state index is 13.0. The van der Waals surface area contributed by atoms with Crippen molar-refractivity contribution >= 4 is 75.0 Å². The number of anilines is 1. The van der Waals surface area contributed by atoms with Crippen molar-refractivity contribution in [1.29, 1.82) is 0 Å². The Labute approximate surface area is 364 Å². The van der Waals surface area contributed by atoms with Crippen LogP contribution in [0, 0.1) is 6.92 Å². The lowest BCUT2D eigenvalue weighted by molar-refractivity contribution is -0.376. The highest BCUT2D eigenvalue weighted by molar-refractivity contribution is 7.10. The van der Waals surface area contributed by atoms with Crippen LogP contribution in [0.4, 0.5) is 32.0 Å². The molecule has 4 heterocycles. The Kier molecular flexibility index (Phi) is 14.1. The van der Waals surface area contributed by atoms with Crippen molar-refractivity contribution in [3.63, 3.8) is 0 Å². The molecule has 2 amide bonds. The van der Waals surface area contributed by atoms with Gasteiger partial charge in [-0.1, -0.05) is 91.6 Å². The van der Waals surface area contributed by atoms with Crippen molar-refractivity contribution in [2.45, 2.75) is 63.9 Å². The van der Waals surface area contributed by atoms with Crippen LogP contribution in [-0.4, -0.2) is 39.2 Å². The molecule has 3 aliphatic rings. The molecule has 8 rings (SSSR count). The zero-order valence-electron chi connectivity index (χ0n) is 32.1. The van der Waals surface area contributed by atoms with Gasteiger partial charge in [-0.15, -0.1) is 22.7 Å². The molecule has 1 unspecified atom stereocenters. The number of aryl methyl sites for hydroxylation is 1. The largest absolute Gasteiger partial charge is 0.430 e. The van der Waals surface area contributed by atoms with E-state index in [1.807, 2.05) is 38.1 Å². The summed E-state index contributed by atoms with van der Waals surface area (Å²) < 4.78 is 77.8. The summed E-state index contributed by atoms with van der Waals surface area (Å²) in [5.41, 5.74) is -0.978. The van der Waals surface area contributed by atoms with Crippen molar-refractivity contribution in [2.24, 2.45) is 0 Å². The van der Waals surface area contributed by atoms with Gasteiger partial charge in [0.05, 0.1) is 15.4 Å². The number of aliphatic hydroxyl groups is 1. The number of thiazole rings is 2. The Morgan fingerprint density at radius 2 is 1.58 bits per heavy atom. The summed E-state index contributed by atoms with van der Waals surface area (Å²) in [6.45, 7) is 12.1. The van der Waals surface area contributed by atoms with E-state index in [-0.39, 0.29) is 23.7 Å². The zero-order valence-corrected chi connectivity index (χ0v) is 36.0. The molecule has 5 aromatic rings. The van der Waals surface area contributed by atoms with Crippen molar-refractivity contribution in [3.8, 4) is 0 Å². The summed E-state index contributed by atoms with van der Waals surface area (Å²) in [4.78, 5) is 33.7. The van der Waals surface area contributed by atoms with E-state index in [0.29, 0.717) is 44.9 Å². The Balaban J connectivity index is 0.000000225. The number of nitrogens with zero attached hydrogens (tertiary/aromatic N) is 2. The van der Waals surface area contributed by atoms with E-state index < -0.39 is 34.8 Å². The predicted octanol–water partition coefficient (Wildman–Crippen LogP) is 12.3. The Bertz CT molecular complexity index is 2440. The van der Waals surface area contributed by atoms with Gasteiger partial charge in [-0.25, -0.2) is 9.97 Å². The average Bonchev–Trinajstić information content (AvgIpc) is 3.94. The number of carbonyl (C=O) groups excluding carboxylic acids is 2. The highest BCUT2D eigenvalue weighted by Gasteiger charge is 2.71. The third-order valence-corrected chi connectivity index (χ3v) is 12.4. The molecule has 0 saturated heterocycles. The molecule has 18 heteroatoms. The Morgan fingerprint density at radius 3 is 2.17 bits per heavy atom. The number of alkyl halides is 6. The lowest BCUT2D eigenvalue weighted by Crippen LogP contribution is -2.53. The molecule has 0 saturated carbocycles. The smallest absolute Gasteiger partial charge is 0.369 e. The summed E-state index contributed by atoms with van der Waals surface area (Å²) in [7, 11) is 0. The second-order valence-corrected chi connectivity index (χ2v) is 16.4. The van der Waals surface area contributed by atoms with E-state index in [1.54, 1.807) is 23.6 Å². The number of benzene rings is 3. The Hall–Kier alpha value is -4.51. The molecule has 316 valence electrons. The fourth-order valence-corrected chi connectivity index (χ4v) is 8.81. The third kappa shape index (κ3) is 9.21. The summed E-state index contributed by atoms with van der Waals surface area (Å²) in [6.07, 6.45) is -5.36. The first kappa shape index (κ1) is 46.6. The van der Waals surface area contributed by atoms with Crippen LogP contribution in [0.25, 0.3) is 0 Å². The molecule has 2 aromatic heterocycles. The second-order valence-electron chi connectivity index (χ2n) is 13.3. The van der Waals surface area contributed by atoms with Gasteiger partial charge in [-0.05, 0) is 78.1 Å². The number of rotatable bonds is 6. The molecule has 4 bridgehead atoms. The van der Waals surface area contributed by atoms with Gasteiger partial charge in [0.2, 0.25) is 0 Å². The van der Waals surface area contributed by atoms with Crippen LogP contribution in [0.5, 0.6) is 0 Å². The first-order chi connectivity index (χ1) is 28.2. The van der Waals surface area contributed by atoms with Crippen LogP contribution < -0.4 is 10.6 Å². The lowest BCUT2D eigenvalue weighted by atomic mass is 9.74.